The molecule has 0 aliphatic heterocycles. The van der Waals surface area contributed by atoms with Gasteiger partial charge in [0.15, 0.2) is 0 Å². The number of nitrogens with zero attached hydrogens (tertiary/aromatic N) is 2. The zero-order valence-corrected chi connectivity index (χ0v) is 12.7. The zero-order valence-electron chi connectivity index (χ0n) is 12.0. The lowest BCUT2D eigenvalue weighted by Gasteiger charge is -2.33. The van der Waals surface area contributed by atoms with Gasteiger partial charge in [0.1, 0.15) is 5.82 Å². The van der Waals surface area contributed by atoms with Crippen LogP contribution in [-0.4, -0.2) is 17.6 Å². The number of pyridine rings is 1. The monoisotopic (exact) mass is 268 g/mol. The number of halogens is 1. The van der Waals surface area contributed by atoms with Crippen molar-refractivity contribution in [3.05, 3.63) is 23.9 Å². The standard InChI is InChI=1S/C15H25ClN2/c1-5-14(6-2)18(11-12(3)4)15-9-7-8-13(10-16)17-15/h7-9,12,14H,5-6,10-11H2,1-4H3. The van der Waals surface area contributed by atoms with Crippen LogP contribution >= 0.6 is 11.6 Å². The van der Waals surface area contributed by atoms with E-state index in [2.05, 4.69) is 49.7 Å². The van der Waals surface area contributed by atoms with E-state index in [1.165, 1.54) is 0 Å². The van der Waals surface area contributed by atoms with E-state index in [9.17, 15) is 0 Å². The molecule has 0 bridgehead atoms. The van der Waals surface area contributed by atoms with Crippen molar-refractivity contribution in [3.8, 4) is 0 Å². The first-order valence-electron chi connectivity index (χ1n) is 6.90. The van der Waals surface area contributed by atoms with Gasteiger partial charge in [0, 0.05) is 12.6 Å². The first-order valence-corrected chi connectivity index (χ1v) is 7.44. The van der Waals surface area contributed by atoms with E-state index in [4.69, 9.17) is 11.6 Å². The van der Waals surface area contributed by atoms with Crippen LogP contribution < -0.4 is 4.90 Å². The number of hydrogen-bond donors (Lipinski definition) is 0. The van der Waals surface area contributed by atoms with Crippen LogP contribution in [0.15, 0.2) is 18.2 Å². The summed E-state index contributed by atoms with van der Waals surface area (Å²) in [6, 6.07) is 6.69. The molecule has 0 saturated heterocycles. The predicted octanol–water partition coefficient (Wildman–Crippen LogP) is 4.47. The van der Waals surface area contributed by atoms with Crippen LogP contribution in [0, 0.1) is 5.92 Å². The van der Waals surface area contributed by atoms with Gasteiger partial charge in [0.05, 0.1) is 11.6 Å². The van der Waals surface area contributed by atoms with Gasteiger partial charge in [0.25, 0.3) is 0 Å². The Labute approximate surface area is 116 Å². The van der Waals surface area contributed by atoms with Crippen LogP contribution in [0.5, 0.6) is 0 Å². The highest BCUT2D eigenvalue weighted by Crippen LogP contribution is 2.20. The van der Waals surface area contributed by atoms with Gasteiger partial charge >= 0.3 is 0 Å². The highest BCUT2D eigenvalue weighted by atomic mass is 35.5. The molecule has 0 aromatic carbocycles. The highest BCUT2D eigenvalue weighted by Gasteiger charge is 2.18. The topological polar surface area (TPSA) is 16.1 Å². The molecule has 0 N–H and O–H groups in total. The Kier molecular flexibility index (Phi) is 6.48. The second kappa shape index (κ2) is 7.63. The summed E-state index contributed by atoms with van der Waals surface area (Å²) < 4.78 is 0. The van der Waals surface area contributed by atoms with Gasteiger partial charge in [-0.2, -0.15) is 0 Å². The maximum absolute atomic E-state index is 5.88. The normalized spacial score (nSPS) is 11.3. The molecular weight excluding hydrogens is 244 g/mol. The fourth-order valence-corrected chi connectivity index (χ4v) is 2.40. The summed E-state index contributed by atoms with van der Waals surface area (Å²) in [6.45, 7) is 10.0. The summed E-state index contributed by atoms with van der Waals surface area (Å²) in [5, 5.41) is 0. The van der Waals surface area contributed by atoms with E-state index in [1.807, 2.05) is 6.07 Å². The predicted molar refractivity (Wildman–Crippen MR) is 80.3 cm³/mol. The molecule has 0 aliphatic carbocycles. The first kappa shape index (κ1) is 15.3. The van der Waals surface area contributed by atoms with E-state index < -0.39 is 0 Å². The molecule has 0 unspecified atom stereocenters. The van der Waals surface area contributed by atoms with E-state index in [0.717, 1.165) is 30.9 Å². The van der Waals surface area contributed by atoms with E-state index >= 15 is 0 Å². The highest BCUT2D eigenvalue weighted by molar-refractivity contribution is 6.16. The zero-order chi connectivity index (χ0) is 13.5. The van der Waals surface area contributed by atoms with Gasteiger partial charge < -0.3 is 4.90 Å². The number of alkyl halides is 1. The van der Waals surface area contributed by atoms with Crippen molar-refractivity contribution in [2.75, 3.05) is 11.4 Å². The van der Waals surface area contributed by atoms with Gasteiger partial charge in [-0.15, -0.1) is 11.6 Å². The lowest BCUT2D eigenvalue weighted by Crippen LogP contribution is -2.38. The van der Waals surface area contributed by atoms with Crippen LogP contribution in [-0.2, 0) is 5.88 Å². The van der Waals surface area contributed by atoms with Crippen LogP contribution in [0.3, 0.4) is 0 Å². The molecule has 3 heteroatoms. The van der Waals surface area contributed by atoms with E-state index in [0.29, 0.717) is 17.8 Å². The van der Waals surface area contributed by atoms with Gasteiger partial charge in [-0.05, 0) is 30.9 Å². The van der Waals surface area contributed by atoms with Crippen molar-refractivity contribution in [2.45, 2.75) is 52.5 Å². The average molecular weight is 269 g/mol. The van der Waals surface area contributed by atoms with Gasteiger partial charge in [-0.25, -0.2) is 4.98 Å². The van der Waals surface area contributed by atoms with Crippen molar-refractivity contribution in [2.24, 2.45) is 5.92 Å². The van der Waals surface area contributed by atoms with Crippen LogP contribution in [0.2, 0.25) is 0 Å². The quantitative estimate of drug-likeness (QED) is 0.678. The van der Waals surface area contributed by atoms with Crippen molar-refractivity contribution in [3.63, 3.8) is 0 Å². The lowest BCUT2D eigenvalue weighted by molar-refractivity contribution is 0.503. The van der Waals surface area contributed by atoms with Crippen molar-refractivity contribution >= 4 is 17.4 Å². The Hall–Kier alpha value is -0.760. The van der Waals surface area contributed by atoms with Gasteiger partial charge in [-0.1, -0.05) is 33.8 Å². The second-order valence-corrected chi connectivity index (χ2v) is 5.40. The van der Waals surface area contributed by atoms with Crippen LogP contribution in [0.25, 0.3) is 0 Å². The summed E-state index contributed by atoms with van der Waals surface area (Å²) in [5.41, 5.74) is 0.953. The maximum atomic E-state index is 5.88. The Morgan fingerprint density at radius 3 is 2.39 bits per heavy atom. The summed E-state index contributed by atoms with van der Waals surface area (Å²) in [4.78, 5) is 7.09. The molecule has 18 heavy (non-hydrogen) atoms. The smallest absolute Gasteiger partial charge is 0.129 e. The van der Waals surface area contributed by atoms with Crippen LogP contribution in [0.1, 0.15) is 46.2 Å². The summed E-state index contributed by atoms with van der Waals surface area (Å²) >= 11 is 5.88. The van der Waals surface area contributed by atoms with Crippen LogP contribution in [0.4, 0.5) is 5.82 Å². The first-order chi connectivity index (χ1) is 8.62. The molecule has 1 rings (SSSR count). The summed E-state index contributed by atoms with van der Waals surface area (Å²) in [7, 11) is 0. The average Bonchev–Trinajstić information content (AvgIpc) is 2.38. The maximum Gasteiger partial charge on any atom is 0.129 e. The SMILES string of the molecule is CCC(CC)N(CC(C)C)c1cccc(CCl)n1. The van der Waals surface area contributed by atoms with Crippen molar-refractivity contribution in [1.82, 2.24) is 4.98 Å². The fraction of sp³-hybridized carbons (Fsp3) is 0.667. The van der Waals surface area contributed by atoms with Crippen molar-refractivity contribution < 1.29 is 0 Å². The molecule has 0 spiro atoms. The Balaban J connectivity index is 2.99. The van der Waals surface area contributed by atoms with E-state index in [1.54, 1.807) is 0 Å². The molecule has 0 atom stereocenters. The largest absolute Gasteiger partial charge is 0.353 e. The molecule has 102 valence electrons. The third-order valence-corrected chi connectivity index (χ3v) is 3.44. The molecule has 0 saturated carbocycles. The second-order valence-electron chi connectivity index (χ2n) is 5.14. The summed E-state index contributed by atoms with van der Waals surface area (Å²) in [5.74, 6) is 2.18. The molecule has 1 aromatic heterocycles. The third-order valence-electron chi connectivity index (χ3n) is 3.17. The Morgan fingerprint density at radius 2 is 1.89 bits per heavy atom. The molecule has 0 radical (unpaired) electrons. The molecule has 0 aliphatic rings. The molecule has 0 amide bonds. The molecule has 1 heterocycles. The van der Waals surface area contributed by atoms with E-state index in [-0.39, 0.29) is 0 Å². The minimum atomic E-state index is 0.478. The number of hydrogen-bond acceptors (Lipinski definition) is 2. The number of aromatic nitrogens is 1. The molecular formula is C15H25ClN2. The Morgan fingerprint density at radius 1 is 1.22 bits per heavy atom. The Bertz CT molecular complexity index is 348. The number of rotatable bonds is 7. The molecule has 1 aromatic rings. The lowest BCUT2D eigenvalue weighted by atomic mass is 10.1. The van der Waals surface area contributed by atoms with Crippen molar-refractivity contribution in [1.29, 1.82) is 0 Å². The minimum Gasteiger partial charge on any atom is -0.353 e. The summed E-state index contributed by atoms with van der Waals surface area (Å²) in [6.07, 6.45) is 2.30. The van der Waals surface area contributed by atoms with Gasteiger partial charge in [-0.3, -0.25) is 0 Å². The molecule has 0 fully saturated rings. The number of anilines is 1. The molecule has 2 nitrogen and oxygen atoms in total. The third kappa shape index (κ3) is 4.16. The van der Waals surface area contributed by atoms with Gasteiger partial charge in [0.2, 0.25) is 0 Å². The fourth-order valence-electron chi connectivity index (χ4n) is 2.25. The minimum absolute atomic E-state index is 0.478.